The van der Waals surface area contributed by atoms with Crippen LogP contribution in [0.2, 0.25) is 0 Å². The van der Waals surface area contributed by atoms with Crippen molar-refractivity contribution in [1.82, 2.24) is 9.97 Å². The second-order valence-electron chi connectivity index (χ2n) is 6.56. The number of halogens is 2. The molecular weight excluding hydrogens is 378 g/mol. The van der Waals surface area contributed by atoms with E-state index in [4.69, 9.17) is 0 Å². The van der Waals surface area contributed by atoms with Crippen LogP contribution in [0.4, 0.5) is 20.3 Å². The van der Waals surface area contributed by atoms with Gasteiger partial charge in [0, 0.05) is 38.0 Å². The first-order valence-electron chi connectivity index (χ1n) is 9.13. The number of thioether (sulfide) groups is 1. The molecule has 0 amide bonds. The van der Waals surface area contributed by atoms with Gasteiger partial charge in [-0.05, 0) is 29.8 Å². The summed E-state index contributed by atoms with van der Waals surface area (Å²) in [5.74, 6) is 1.10. The van der Waals surface area contributed by atoms with E-state index in [0.29, 0.717) is 11.4 Å². The zero-order chi connectivity index (χ0) is 19.3. The van der Waals surface area contributed by atoms with E-state index < -0.39 is 0 Å². The van der Waals surface area contributed by atoms with Gasteiger partial charge in [-0.3, -0.25) is 0 Å². The van der Waals surface area contributed by atoms with E-state index in [1.54, 1.807) is 30.2 Å². The second-order valence-corrected chi connectivity index (χ2v) is 7.55. The van der Waals surface area contributed by atoms with Gasteiger partial charge in [-0.15, -0.1) is 11.8 Å². The Morgan fingerprint density at radius 2 is 1.64 bits per heavy atom. The van der Waals surface area contributed by atoms with Crippen molar-refractivity contribution >= 4 is 23.3 Å². The molecule has 7 heteroatoms. The van der Waals surface area contributed by atoms with Crippen LogP contribution in [0.25, 0.3) is 0 Å². The summed E-state index contributed by atoms with van der Waals surface area (Å²) in [7, 11) is 0. The van der Waals surface area contributed by atoms with Crippen molar-refractivity contribution in [2.24, 2.45) is 0 Å². The summed E-state index contributed by atoms with van der Waals surface area (Å²) in [5.41, 5.74) is 1.57. The summed E-state index contributed by atoms with van der Waals surface area (Å²) in [5, 5.41) is 0.853. The molecule has 0 spiro atoms. The molecule has 1 fully saturated rings. The van der Waals surface area contributed by atoms with E-state index >= 15 is 0 Å². The third kappa shape index (κ3) is 4.42. The first kappa shape index (κ1) is 18.7. The maximum absolute atomic E-state index is 14.0. The maximum atomic E-state index is 14.0. The van der Waals surface area contributed by atoms with Crippen molar-refractivity contribution in [3.05, 3.63) is 78.1 Å². The average molecular weight is 398 g/mol. The van der Waals surface area contributed by atoms with Gasteiger partial charge in [0.2, 0.25) is 0 Å². The summed E-state index contributed by atoms with van der Waals surface area (Å²) in [6.45, 7) is 2.99. The number of anilines is 2. The molecule has 2 aromatic carbocycles. The molecule has 4 rings (SSSR count). The molecular formula is C21H20F2N4S. The number of hydrogen-bond acceptors (Lipinski definition) is 5. The quantitative estimate of drug-likeness (QED) is 0.471. The molecule has 1 aliphatic heterocycles. The number of hydrogen-bond donors (Lipinski definition) is 0. The summed E-state index contributed by atoms with van der Waals surface area (Å²) < 4.78 is 27.3. The molecule has 1 aliphatic rings. The minimum Gasteiger partial charge on any atom is -0.366 e. The number of nitrogens with zero attached hydrogens (tertiary/aromatic N) is 4. The number of aromatic nitrogens is 2. The van der Waals surface area contributed by atoms with Gasteiger partial charge in [0.05, 0.1) is 5.69 Å². The summed E-state index contributed by atoms with van der Waals surface area (Å²) in [6.07, 6.45) is 1.56. The predicted molar refractivity (Wildman–Crippen MR) is 109 cm³/mol. The number of piperazine rings is 1. The Hall–Kier alpha value is -2.67. The Kier molecular flexibility index (Phi) is 5.71. The highest BCUT2D eigenvalue weighted by molar-refractivity contribution is 7.98. The maximum Gasteiger partial charge on any atom is 0.146 e. The fourth-order valence-electron chi connectivity index (χ4n) is 3.25. The molecule has 1 saturated heterocycles. The molecule has 144 valence electrons. The lowest BCUT2D eigenvalue weighted by atomic mass is 10.2. The second kappa shape index (κ2) is 8.56. The zero-order valence-electron chi connectivity index (χ0n) is 15.3. The highest BCUT2D eigenvalue weighted by atomic mass is 32.2. The molecule has 3 aromatic rings. The number of para-hydroxylation sites is 1. The molecule has 0 aliphatic carbocycles. The van der Waals surface area contributed by atoms with Gasteiger partial charge >= 0.3 is 0 Å². The highest BCUT2D eigenvalue weighted by Crippen LogP contribution is 2.26. The van der Waals surface area contributed by atoms with Crippen molar-refractivity contribution in [2.75, 3.05) is 36.0 Å². The van der Waals surface area contributed by atoms with Crippen LogP contribution >= 0.6 is 11.8 Å². The molecule has 4 nitrogen and oxygen atoms in total. The van der Waals surface area contributed by atoms with Gasteiger partial charge in [-0.1, -0.05) is 24.3 Å². The van der Waals surface area contributed by atoms with Gasteiger partial charge in [-0.25, -0.2) is 18.7 Å². The molecule has 1 aromatic heterocycles. The van der Waals surface area contributed by atoms with Crippen LogP contribution < -0.4 is 9.80 Å². The van der Waals surface area contributed by atoms with E-state index in [9.17, 15) is 8.78 Å². The Morgan fingerprint density at radius 1 is 0.857 bits per heavy atom. The Labute approximate surface area is 167 Å². The molecule has 0 N–H and O–H groups in total. The van der Waals surface area contributed by atoms with Gasteiger partial charge < -0.3 is 9.80 Å². The van der Waals surface area contributed by atoms with Crippen LogP contribution in [0.15, 0.2) is 66.0 Å². The predicted octanol–water partition coefficient (Wildman–Crippen LogP) is 4.37. The van der Waals surface area contributed by atoms with Crippen LogP contribution in [0.3, 0.4) is 0 Å². The summed E-state index contributed by atoms with van der Waals surface area (Å²) in [6, 6.07) is 15.4. The standard InChI is InChI=1S/C21H20F2N4S/c22-17-5-3-4-16(12-17)14-28-21-13-20(24-15-25-21)27-10-8-26(9-11-27)19-7-2-1-6-18(19)23/h1-7,12-13,15H,8-11,14H2. The minimum atomic E-state index is -0.228. The van der Waals surface area contributed by atoms with Crippen molar-refractivity contribution in [3.8, 4) is 0 Å². The molecule has 0 atom stereocenters. The Bertz CT molecular complexity index is 945. The Balaban J connectivity index is 1.38. The molecule has 2 heterocycles. The third-order valence-electron chi connectivity index (χ3n) is 4.70. The first-order valence-corrected chi connectivity index (χ1v) is 10.1. The van der Waals surface area contributed by atoms with Crippen LogP contribution in [-0.4, -0.2) is 36.1 Å². The van der Waals surface area contributed by atoms with Crippen LogP contribution in [-0.2, 0) is 5.75 Å². The normalized spacial score (nSPS) is 14.4. The van der Waals surface area contributed by atoms with E-state index in [0.717, 1.165) is 42.6 Å². The average Bonchev–Trinajstić information content (AvgIpc) is 2.73. The topological polar surface area (TPSA) is 32.3 Å². The van der Waals surface area contributed by atoms with Crippen molar-refractivity contribution in [1.29, 1.82) is 0 Å². The van der Waals surface area contributed by atoms with Crippen molar-refractivity contribution < 1.29 is 8.78 Å². The van der Waals surface area contributed by atoms with Crippen LogP contribution in [0.5, 0.6) is 0 Å². The molecule has 28 heavy (non-hydrogen) atoms. The summed E-state index contributed by atoms with van der Waals surface area (Å²) >= 11 is 1.56. The molecule has 0 bridgehead atoms. The molecule has 0 unspecified atom stereocenters. The van der Waals surface area contributed by atoms with E-state index in [2.05, 4.69) is 19.8 Å². The monoisotopic (exact) mass is 398 g/mol. The van der Waals surface area contributed by atoms with Gasteiger partial charge in [0.15, 0.2) is 0 Å². The lowest BCUT2D eigenvalue weighted by Gasteiger charge is -2.36. The zero-order valence-corrected chi connectivity index (χ0v) is 16.1. The van der Waals surface area contributed by atoms with Crippen molar-refractivity contribution in [2.45, 2.75) is 10.8 Å². The Morgan fingerprint density at radius 3 is 2.43 bits per heavy atom. The SMILES string of the molecule is Fc1cccc(CSc2cc(N3CCN(c4ccccc4F)CC3)ncn2)c1. The fraction of sp³-hybridized carbons (Fsp3) is 0.238. The largest absolute Gasteiger partial charge is 0.366 e. The smallest absolute Gasteiger partial charge is 0.146 e. The summed E-state index contributed by atoms with van der Waals surface area (Å²) in [4.78, 5) is 13.0. The molecule has 0 saturated carbocycles. The lowest BCUT2D eigenvalue weighted by molar-refractivity contribution is 0.595. The van der Waals surface area contributed by atoms with E-state index in [1.165, 1.54) is 18.2 Å². The first-order chi connectivity index (χ1) is 13.7. The molecule has 0 radical (unpaired) electrons. The van der Waals surface area contributed by atoms with Crippen molar-refractivity contribution in [3.63, 3.8) is 0 Å². The number of benzene rings is 2. The number of rotatable bonds is 5. The van der Waals surface area contributed by atoms with Crippen LogP contribution in [0.1, 0.15) is 5.56 Å². The van der Waals surface area contributed by atoms with Gasteiger partial charge in [-0.2, -0.15) is 0 Å². The fourth-order valence-corrected chi connectivity index (χ4v) is 4.05. The lowest BCUT2D eigenvalue weighted by Crippen LogP contribution is -2.47. The van der Waals surface area contributed by atoms with Crippen LogP contribution in [0, 0.1) is 11.6 Å². The van der Waals surface area contributed by atoms with Gasteiger partial charge in [0.1, 0.15) is 28.8 Å². The third-order valence-corrected chi connectivity index (χ3v) is 5.70. The highest BCUT2D eigenvalue weighted by Gasteiger charge is 2.20. The van der Waals surface area contributed by atoms with Gasteiger partial charge in [0.25, 0.3) is 0 Å². The minimum absolute atomic E-state index is 0.186. The van der Waals surface area contributed by atoms with E-state index in [1.807, 2.05) is 24.3 Å². The van der Waals surface area contributed by atoms with E-state index in [-0.39, 0.29) is 11.6 Å².